The number of ether oxygens (including phenoxy) is 1. The van der Waals surface area contributed by atoms with Crippen LogP contribution in [0, 0.1) is 0 Å². The number of hydrogen-bond donors (Lipinski definition) is 3. The number of azide groups is 1. The van der Waals surface area contributed by atoms with E-state index in [1.54, 1.807) is 0 Å². The van der Waals surface area contributed by atoms with Crippen LogP contribution in [-0.4, -0.2) is 46.5 Å². The maximum Gasteiger partial charge on any atom is 0.183 e. The number of rotatable bonds is 2. The molecule has 0 spiro atoms. The van der Waals surface area contributed by atoms with Crippen LogP contribution >= 0.6 is 0 Å². The van der Waals surface area contributed by atoms with Gasteiger partial charge in [-0.3, -0.25) is 0 Å². The Bertz CT molecular complexity index is 205. The van der Waals surface area contributed by atoms with Gasteiger partial charge in [-0.1, -0.05) is 5.11 Å². The van der Waals surface area contributed by atoms with E-state index < -0.39 is 24.6 Å². The average Bonchev–Trinajstić information content (AvgIpc) is 2.30. The van der Waals surface area contributed by atoms with Crippen molar-refractivity contribution in [1.82, 2.24) is 0 Å². The lowest BCUT2D eigenvalue weighted by atomic mass is 10.1. The van der Waals surface area contributed by atoms with Crippen LogP contribution in [0.5, 0.6) is 0 Å². The molecule has 0 aromatic carbocycles. The van der Waals surface area contributed by atoms with E-state index in [1.165, 1.54) is 0 Å². The van der Waals surface area contributed by atoms with Crippen LogP contribution in [0.3, 0.4) is 0 Å². The van der Waals surface area contributed by atoms with Gasteiger partial charge < -0.3 is 20.1 Å². The van der Waals surface area contributed by atoms with Crippen molar-refractivity contribution in [2.45, 2.75) is 24.6 Å². The van der Waals surface area contributed by atoms with E-state index in [9.17, 15) is 0 Å². The maximum atomic E-state index is 9.14. The second-order valence-electron chi connectivity index (χ2n) is 2.46. The molecular weight excluding hydrogens is 166 g/mol. The second-order valence-corrected chi connectivity index (χ2v) is 2.46. The van der Waals surface area contributed by atoms with Crippen LogP contribution < -0.4 is 0 Å². The predicted octanol–water partition coefficient (Wildman–Crippen LogP) is -1.26. The van der Waals surface area contributed by atoms with E-state index in [2.05, 4.69) is 14.8 Å². The zero-order chi connectivity index (χ0) is 9.14. The first-order chi connectivity index (χ1) is 5.66. The minimum absolute atomic E-state index is 0.105. The van der Waals surface area contributed by atoms with Crippen LogP contribution in [-0.2, 0) is 4.74 Å². The van der Waals surface area contributed by atoms with Crippen molar-refractivity contribution in [2.24, 2.45) is 5.11 Å². The summed E-state index contributed by atoms with van der Waals surface area (Å²) in [7, 11) is 0. The number of nitrogens with zero attached hydrogens (tertiary/aromatic N) is 3. The van der Waals surface area contributed by atoms with Crippen molar-refractivity contribution in [3.8, 4) is 0 Å². The summed E-state index contributed by atoms with van der Waals surface area (Å²) in [6.07, 6.45) is -4.76. The largest absolute Gasteiger partial charge is 0.387 e. The molecule has 1 heterocycles. The third-order valence-electron chi connectivity index (χ3n) is 1.66. The Morgan fingerprint density at radius 3 is 2.42 bits per heavy atom. The fraction of sp³-hybridized carbons (Fsp3) is 1.00. The van der Waals surface area contributed by atoms with E-state index in [-0.39, 0.29) is 6.54 Å². The average molecular weight is 175 g/mol. The molecule has 4 atom stereocenters. The van der Waals surface area contributed by atoms with Gasteiger partial charge in [-0.05, 0) is 5.53 Å². The SMILES string of the molecule is [N-]=[N+]=NC[C@H]1O[C@@H](O)C(O)C1O. The molecule has 0 aliphatic carbocycles. The van der Waals surface area contributed by atoms with E-state index in [0.29, 0.717) is 0 Å². The highest BCUT2D eigenvalue weighted by Crippen LogP contribution is 2.19. The Balaban J connectivity index is 2.52. The number of aliphatic hydroxyl groups excluding tert-OH is 3. The molecule has 0 amide bonds. The standard InChI is InChI=1S/C5H9N3O4/c6-8-7-1-2-3(9)4(10)5(11)12-2/h2-5,9-11H,1H2/t2-,3?,4?,5-/m1/s1. The Morgan fingerprint density at radius 1 is 1.33 bits per heavy atom. The molecule has 0 aromatic rings. The van der Waals surface area contributed by atoms with Crippen molar-refractivity contribution in [3.63, 3.8) is 0 Å². The van der Waals surface area contributed by atoms with Gasteiger partial charge in [0.15, 0.2) is 6.29 Å². The Labute approximate surface area is 67.8 Å². The third-order valence-corrected chi connectivity index (χ3v) is 1.66. The molecule has 1 fully saturated rings. The summed E-state index contributed by atoms with van der Waals surface area (Å²) >= 11 is 0. The maximum absolute atomic E-state index is 9.14. The molecule has 1 rings (SSSR count). The summed E-state index contributed by atoms with van der Waals surface area (Å²) in [6.45, 7) is -0.105. The Morgan fingerprint density at radius 2 is 2.00 bits per heavy atom. The molecule has 3 N–H and O–H groups in total. The zero-order valence-electron chi connectivity index (χ0n) is 6.11. The highest BCUT2D eigenvalue weighted by Gasteiger charge is 2.41. The summed E-state index contributed by atoms with van der Waals surface area (Å²) in [5, 5.41) is 30.1. The molecule has 7 heteroatoms. The smallest absolute Gasteiger partial charge is 0.183 e. The van der Waals surface area contributed by atoms with Gasteiger partial charge in [-0.25, -0.2) is 0 Å². The first kappa shape index (κ1) is 9.24. The van der Waals surface area contributed by atoms with E-state index in [1.807, 2.05) is 0 Å². The van der Waals surface area contributed by atoms with Gasteiger partial charge in [0, 0.05) is 4.91 Å². The molecule has 1 aliphatic heterocycles. The van der Waals surface area contributed by atoms with Crippen LogP contribution in [0.2, 0.25) is 0 Å². The summed E-state index contributed by atoms with van der Waals surface area (Å²) in [5.41, 5.74) is 7.94. The summed E-state index contributed by atoms with van der Waals surface area (Å²) in [6, 6.07) is 0. The minimum Gasteiger partial charge on any atom is -0.387 e. The molecule has 1 aliphatic rings. The van der Waals surface area contributed by atoms with Crippen LogP contribution in [0.1, 0.15) is 0 Å². The third kappa shape index (κ3) is 1.66. The molecule has 7 nitrogen and oxygen atoms in total. The monoisotopic (exact) mass is 175 g/mol. The molecule has 68 valence electrons. The van der Waals surface area contributed by atoms with Gasteiger partial charge in [0.25, 0.3) is 0 Å². The van der Waals surface area contributed by atoms with E-state index in [0.717, 1.165) is 0 Å². The lowest BCUT2D eigenvalue weighted by Gasteiger charge is -2.10. The van der Waals surface area contributed by atoms with E-state index >= 15 is 0 Å². The summed E-state index contributed by atoms with van der Waals surface area (Å²) < 4.78 is 4.68. The van der Waals surface area contributed by atoms with Crippen molar-refractivity contribution < 1.29 is 20.1 Å². The first-order valence-electron chi connectivity index (χ1n) is 3.37. The Kier molecular flexibility index (Phi) is 2.85. The highest BCUT2D eigenvalue weighted by molar-refractivity contribution is 4.86. The summed E-state index contributed by atoms with van der Waals surface area (Å²) in [4.78, 5) is 2.45. The fourth-order valence-electron chi connectivity index (χ4n) is 0.997. The van der Waals surface area contributed by atoms with Gasteiger partial charge in [0.2, 0.25) is 0 Å². The molecular formula is C5H9N3O4. The van der Waals surface area contributed by atoms with Crippen LogP contribution in [0.25, 0.3) is 10.4 Å². The number of hydrogen-bond acceptors (Lipinski definition) is 5. The molecule has 0 bridgehead atoms. The lowest BCUT2D eigenvalue weighted by Crippen LogP contribution is -2.33. The molecule has 12 heavy (non-hydrogen) atoms. The molecule has 0 aromatic heterocycles. The molecule has 0 saturated carbocycles. The van der Waals surface area contributed by atoms with Crippen LogP contribution in [0.4, 0.5) is 0 Å². The van der Waals surface area contributed by atoms with Crippen LogP contribution in [0.15, 0.2) is 5.11 Å². The zero-order valence-corrected chi connectivity index (χ0v) is 6.11. The second kappa shape index (κ2) is 3.70. The predicted molar refractivity (Wildman–Crippen MR) is 36.9 cm³/mol. The normalized spacial score (nSPS) is 40.9. The minimum atomic E-state index is -1.40. The van der Waals surface area contributed by atoms with Gasteiger partial charge in [-0.2, -0.15) is 0 Å². The van der Waals surface area contributed by atoms with Crippen molar-refractivity contribution in [1.29, 1.82) is 0 Å². The topological polar surface area (TPSA) is 119 Å². The number of aliphatic hydroxyl groups is 3. The van der Waals surface area contributed by atoms with Crippen molar-refractivity contribution >= 4 is 0 Å². The van der Waals surface area contributed by atoms with Gasteiger partial charge >= 0.3 is 0 Å². The van der Waals surface area contributed by atoms with Crippen molar-refractivity contribution in [2.75, 3.05) is 6.54 Å². The first-order valence-corrected chi connectivity index (χ1v) is 3.37. The van der Waals surface area contributed by atoms with Gasteiger partial charge in [-0.15, -0.1) is 0 Å². The summed E-state index contributed by atoms with van der Waals surface area (Å²) in [5.74, 6) is 0. The lowest BCUT2D eigenvalue weighted by molar-refractivity contribution is -0.125. The van der Waals surface area contributed by atoms with E-state index in [4.69, 9.17) is 20.9 Å². The Hall–Kier alpha value is -0.850. The molecule has 2 unspecified atom stereocenters. The van der Waals surface area contributed by atoms with Crippen molar-refractivity contribution in [3.05, 3.63) is 10.4 Å². The molecule has 0 radical (unpaired) electrons. The highest BCUT2D eigenvalue weighted by atomic mass is 16.6. The molecule has 1 saturated heterocycles. The van der Waals surface area contributed by atoms with Gasteiger partial charge in [0.1, 0.15) is 12.2 Å². The quantitative estimate of drug-likeness (QED) is 0.275. The fourth-order valence-corrected chi connectivity index (χ4v) is 0.997. The van der Waals surface area contributed by atoms with Gasteiger partial charge in [0.05, 0.1) is 12.6 Å².